The van der Waals surface area contributed by atoms with Gasteiger partial charge in [-0.25, -0.2) is 0 Å². The molecule has 11 heteroatoms. The second-order valence-corrected chi connectivity index (χ2v) is 8.76. The molecular formula is C18H32N4O6S. The van der Waals surface area contributed by atoms with Crippen LogP contribution in [-0.4, -0.2) is 96.8 Å². The van der Waals surface area contributed by atoms with Crippen molar-refractivity contribution in [2.75, 3.05) is 25.5 Å². The van der Waals surface area contributed by atoms with Crippen molar-refractivity contribution in [3.05, 3.63) is 11.9 Å². The maximum atomic E-state index is 10.00. The lowest BCUT2D eigenvalue weighted by molar-refractivity contribution is -0.205. The summed E-state index contributed by atoms with van der Waals surface area (Å²) in [6.45, 7) is 2.52. The molecule has 6 unspecified atom stereocenters. The van der Waals surface area contributed by atoms with E-state index < -0.39 is 36.5 Å². The third-order valence-corrected chi connectivity index (χ3v) is 6.46. The Morgan fingerprint density at radius 3 is 2.86 bits per heavy atom. The first-order valence-electron chi connectivity index (χ1n) is 10.2. The quantitative estimate of drug-likeness (QED) is 0.272. The average Bonchev–Trinajstić information content (AvgIpc) is 3.39. The number of aliphatic hydroxyl groups excluding tert-OH is 4. The van der Waals surface area contributed by atoms with Gasteiger partial charge in [-0.05, 0) is 38.0 Å². The fraction of sp³-hybridized carbons (Fsp3) is 0.889. The summed E-state index contributed by atoms with van der Waals surface area (Å²) in [7, 11) is 0. The van der Waals surface area contributed by atoms with Crippen molar-refractivity contribution in [2.45, 2.75) is 74.7 Å². The van der Waals surface area contributed by atoms with Crippen LogP contribution in [0, 0.1) is 0 Å². The molecule has 0 amide bonds. The van der Waals surface area contributed by atoms with Crippen molar-refractivity contribution in [1.82, 2.24) is 20.3 Å². The van der Waals surface area contributed by atoms with Crippen LogP contribution in [0.1, 0.15) is 31.4 Å². The summed E-state index contributed by atoms with van der Waals surface area (Å²) in [5.74, 6) is 0.705. The molecule has 5 N–H and O–H groups in total. The minimum Gasteiger partial charge on any atom is -0.394 e. The first-order chi connectivity index (χ1) is 14.1. The molecule has 10 nitrogen and oxygen atoms in total. The Balaban J connectivity index is 1.25. The molecule has 0 spiro atoms. The van der Waals surface area contributed by atoms with Gasteiger partial charge in [-0.2, -0.15) is 0 Å². The normalized spacial score (nSPS) is 32.7. The first kappa shape index (κ1) is 22.9. The number of unbranched alkanes of at least 4 members (excludes halogenated alkanes) is 1. The molecule has 0 radical (unpaired) electrons. The third kappa shape index (κ3) is 6.59. The monoisotopic (exact) mass is 432 g/mol. The van der Waals surface area contributed by atoms with E-state index in [0.717, 1.165) is 31.6 Å². The Labute approximate surface area is 174 Å². The van der Waals surface area contributed by atoms with E-state index in [1.807, 2.05) is 10.9 Å². The standard InChI is InChI=1S/C18H32N4O6S/c23-10-14-15(24)16(25)17(26)18(28-14)29-7-2-1-6-27-11-13-9-22(21-20-13)8-12-4-3-5-19-12/h9,12,14-19,23-26H,1-8,10-11H2. The summed E-state index contributed by atoms with van der Waals surface area (Å²) >= 11 is 1.36. The number of aliphatic hydroxyl groups is 4. The predicted octanol–water partition coefficient (Wildman–Crippen LogP) is -1.14. The van der Waals surface area contributed by atoms with Crippen molar-refractivity contribution < 1.29 is 29.9 Å². The Morgan fingerprint density at radius 2 is 2.10 bits per heavy atom. The van der Waals surface area contributed by atoms with Gasteiger partial charge in [0, 0.05) is 12.6 Å². The highest BCUT2D eigenvalue weighted by atomic mass is 32.2. The second-order valence-electron chi connectivity index (χ2n) is 7.55. The molecule has 0 saturated carbocycles. The molecule has 2 aliphatic rings. The van der Waals surface area contributed by atoms with Gasteiger partial charge in [0.1, 0.15) is 35.5 Å². The summed E-state index contributed by atoms with van der Waals surface area (Å²) < 4.78 is 13.0. The number of ether oxygens (including phenoxy) is 2. The maximum absolute atomic E-state index is 10.00. The van der Waals surface area contributed by atoms with E-state index in [4.69, 9.17) is 9.47 Å². The van der Waals surface area contributed by atoms with Gasteiger partial charge in [0.05, 0.1) is 26.0 Å². The smallest absolute Gasteiger partial charge is 0.132 e. The number of thioether (sulfide) groups is 1. The van der Waals surface area contributed by atoms with E-state index in [0.29, 0.717) is 25.0 Å². The summed E-state index contributed by atoms with van der Waals surface area (Å²) in [6.07, 6.45) is 1.33. The molecule has 0 bridgehead atoms. The molecule has 1 aromatic heterocycles. The van der Waals surface area contributed by atoms with Crippen molar-refractivity contribution in [3.63, 3.8) is 0 Å². The number of hydrogen-bond acceptors (Lipinski definition) is 10. The molecule has 0 aromatic carbocycles. The molecule has 0 aliphatic carbocycles. The lowest BCUT2D eigenvalue weighted by atomic mass is 10.0. The molecule has 2 saturated heterocycles. The van der Waals surface area contributed by atoms with Crippen LogP contribution in [-0.2, 0) is 22.6 Å². The molecule has 166 valence electrons. The number of aromatic nitrogens is 3. The van der Waals surface area contributed by atoms with Crippen molar-refractivity contribution in [3.8, 4) is 0 Å². The topological polar surface area (TPSA) is 142 Å². The highest BCUT2D eigenvalue weighted by Gasteiger charge is 2.43. The van der Waals surface area contributed by atoms with Crippen molar-refractivity contribution in [2.24, 2.45) is 0 Å². The Bertz CT molecular complexity index is 601. The van der Waals surface area contributed by atoms with Crippen molar-refractivity contribution in [1.29, 1.82) is 0 Å². The number of rotatable bonds is 11. The minimum absolute atomic E-state index is 0.405. The number of nitrogens with one attached hydrogen (secondary N) is 1. The Hall–Kier alpha value is -0.790. The van der Waals surface area contributed by atoms with Gasteiger partial charge in [0.2, 0.25) is 0 Å². The highest BCUT2D eigenvalue weighted by Crippen LogP contribution is 2.28. The van der Waals surface area contributed by atoms with E-state index in [2.05, 4.69) is 15.6 Å². The number of hydrogen-bond donors (Lipinski definition) is 5. The molecule has 3 rings (SSSR count). The Kier molecular flexibility index (Phi) is 9.12. The zero-order chi connectivity index (χ0) is 20.6. The van der Waals surface area contributed by atoms with E-state index in [1.165, 1.54) is 24.6 Å². The molecule has 1 aromatic rings. The average molecular weight is 433 g/mol. The van der Waals surface area contributed by atoms with Crippen molar-refractivity contribution >= 4 is 11.8 Å². The van der Waals surface area contributed by atoms with Crippen LogP contribution in [0.4, 0.5) is 0 Å². The van der Waals surface area contributed by atoms with Gasteiger partial charge in [-0.15, -0.1) is 16.9 Å². The van der Waals surface area contributed by atoms with Gasteiger partial charge in [0.25, 0.3) is 0 Å². The van der Waals surface area contributed by atoms with E-state index >= 15 is 0 Å². The zero-order valence-corrected chi connectivity index (χ0v) is 17.3. The summed E-state index contributed by atoms with van der Waals surface area (Å²) in [5.41, 5.74) is 0.148. The third-order valence-electron chi connectivity index (χ3n) is 5.22. The van der Waals surface area contributed by atoms with Crippen LogP contribution in [0.15, 0.2) is 6.20 Å². The van der Waals surface area contributed by atoms with Crippen LogP contribution in [0.25, 0.3) is 0 Å². The number of nitrogens with zero attached hydrogens (tertiary/aromatic N) is 3. The second kappa shape index (κ2) is 11.6. The Morgan fingerprint density at radius 1 is 1.24 bits per heavy atom. The maximum Gasteiger partial charge on any atom is 0.132 e. The highest BCUT2D eigenvalue weighted by molar-refractivity contribution is 7.99. The summed E-state index contributed by atoms with van der Waals surface area (Å²) in [4.78, 5) is 0. The molecule has 2 fully saturated rings. The molecule has 2 aliphatic heterocycles. The van der Waals surface area contributed by atoms with E-state index in [1.54, 1.807) is 0 Å². The van der Waals surface area contributed by atoms with Crippen LogP contribution in [0.3, 0.4) is 0 Å². The van der Waals surface area contributed by atoms with Gasteiger partial charge >= 0.3 is 0 Å². The molecular weight excluding hydrogens is 400 g/mol. The van der Waals surface area contributed by atoms with Crippen LogP contribution >= 0.6 is 11.8 Å². The van der Waals surface area contributed by atoms with Crippen LogP contribution in [0.5, 0.6) is 0 Å². The summed E-state index contributed by atoms with van der Waals surface area (Å²) in [5, 5.41) is 50.5. The molecule has 6 atom stereocenters. The van der Waals surface area contributed by atoms with Crippen LogP contribution < -0.4 is 5.32 Å². The predicted molar refractivity (Wildman–Crippen MR) is 106 cm³/mol. The van der Waals surface area contributed by atoms with E-state index in [9.17, 15) is 20.4 Å². The fourth-order valence-corrected chi connectivity index (χ4v) is 4.70. The summed E-state index contributed by atoms with van der Waals surface area (Å²) in [6, 6.07) is 0.478. The lowest BCUT2D eigenvalue weighted by Crippen LogP contribution is -2.57. The molecule has 29 heavy (non-hydrogen) atoms. The lowest BCUT2D eigenvalue weighted by Gasteiger charge is -2.39. The van der Waals surface area contributed by atoms with Gasteiger partial charge in [0.15, 0.2) is 0 Å². The van der Waals surface area contributed by atoms with Crippen LogP contribution in [0.2, 0.25) is 0 Å². The van der Waals surface area contributed by atoms with Gasteiger partial charge < -0.3 is 35.2 Å². The van der Waals surface area contributed by atoms with E-state index in [-0.39, 0.29) is 0 Å². The largest absolute Gasteiger partial charge is 0.394 e. The van der Waals surface area contributed by atoms with Gasteiger partial charge in [-0.1, -0.05) is 5.21 Å². The fourth-order valence-electron chi connectivity index (χ4n) is 3.52. The zero-order valence-electron chi connectivity index (χ0n) is 16.5. The van der Waals surface area contributed by atoms with Gasteiger partial charge in [-0.3, -0.25) is 4.68 Å². The first-order valence-corrected chi connectivity index (χ1v) is 11.3. The molecule has 3 heterocycles. The minimum atomic E-state index is -1.32. The SMILES string of the molecule is OCC1OC(SCCCCOCc2cn(CC3CCCN3)nn2)C(O)C(O)C1O.